The summed E-state index contributed by atoms with van der Waals surface area (Å²) < 4.78 is 5.01. The van der Waals surface area contributed by atoms with Crippen LogP contribution < -0.4 is 16.0 Å². The third-order valence-corrected chi connectivity index (χ3v) is 2.95. The molecule has 1 aromatic heterocycles. The van der Waals surface area contributed by atoms with Gasteiger partial charge in [-0.05, 0) is 13.8 Å². The van der Waals surface area contributed by atoms with Gasteiger partial charge in [-0.3, -0.25) is 14.9 Å². The minimum atomic E-state index is -0.386. The first-order valence-corrected chi connectivity index (χ1v) is 5.77. The van der Waals surface area contributed by atoms with E-state index >= 15 is 0 Å². The summed E-state index contributed by atoms with van der Waals surface area (Å²) in [5, 5.41) is 12.1. The summed E-state index contributed by atoms with van der Waals surface area (Å²) in [6.45, 7) is 4.50. The Kier molecular flexibility index (Phi) is 3.61. The van der Waals surface area contributed by atoms with Crippen molar-refractivity contribution < 1.29 is 14.1 Å². The maximum Gasteiger partial charge on any atom is 0.239 e. The molecule has 0 radical (unpaired) electrons. The van der Waals surface area contributed by atoms with E-state index in [2.05, 4.69) is 21.1 Å². The second kappa shape index (κ2) is 5.18. The predicted molar refractivity (Wildman–Crippen MR) is 62.6 cm³/mol. The number of carbonyl (C=O) groups is 2. The largest absolute Gasteiger partial charge is 0.361 e. The number of aromatic nitrogens is 1. The van der Waals surface area contributed by atoms with Gasteiger partial charge in [0.15, 0.2) is 0 Å². The molecule has 1 aliphatic rings. The fourth-order valence-corrected chi connectivity index (χ4v) is 1.80. The summed E-state index contributed by atoms with van der Waals surface area (Å²) in [6, 6.07) is -0.386. The van der Waals surface area contributed by atoms with Gasteiger partial charge in [-0.1, -0.05) is 5.16 Å². The van der Waals surface area contributed by atoms with Gasteiger partial charge in [-0.15, -0.1) is 0 Å². The van der Waals surface area contributed by atoms with E-state index < -0.39 is 0 Å². The summed E-state index contributed by atoms with van der Waals surface area (Å²) in [5.41, 5.74) is 1.67. The van der Waals surface area contributed by atoms with Crippen LogP contribution in [-0.4, -0.2) is 36.1 Å². The molecular formula is C11H16N4O3. The number of aryl methyl sites for hydroxylation is 2. The van der Waals surface area contributed by atoms with Crippen LogP contribution in [0.4, 0.5) is 0 Å². The lowest BCUT2D eigenvalue weighted by Gasteiger charge is -2.23. The maximum atomic E-state index is 11.8. The van der Waals surface area contributed by atoms with E-state index in [1.165, 1.54) is 0 Å². The third kappa shape index (κ3) is 2.67. The molecule has 0 bridgehead atoms. The van der Waals surface area contributed by atoms with E-state index in [4.69, 9.17) is 4.52 Å². The molecular weight excluding hydrogens is 236 g/mol. The number of hydrogen-bond donors (Lipinski definition) is 3. The SMILES string of the molecule is Cc1noc(C)c1CNC(=O)C1CNC(=O)CN1. The molecule has 98 valence electrons. The highest BCUT2D eigenvalue weighted by Gasteiger charge is 2.23. The Morgan fingerprint density at radius 2 is 2.33 bits per heavy atom. The van der Waals surface area contributed by atoms with Gasteiger partial charge in [0.2, 0.25) is 11.8 Å². The third-order valence-electron chi connectivity index (χ3n) is 2.95. The number of carbonyl (C=O) groups excluding carboxylic acids is 2. The molecule has 0 aliphatic carbocycles. The van der Waals surface area contributed by atoms with Crippen molar-refractivity contribution in [3.63, 3.8) is 0 Å². The Hall–Kier alpha value is -1.89. The van der Waals surface area contributed by atoms with Gasteiger partial charge < -0.3 is 15.2 Å². The molecule has 1 aliphatic heterocycles. The van der Waals surface area contributed by atoms with Crippen LogP contribution in [-0.2, 0) is 16.1 Å². The van der Waals surface area contributed by atoms with Crippen molar-refractivity contribution in [2.75, 3.05) is 13.1 Å². The van der Waals surface area contributed by atoms with Gasteiger partial charge in [0.25, 0.3) is 0 Å². The summed E-state index contributed by atoms with van der Waals surface area (Å²) in [5.74, 6) is 0.470. The molecule has 0 aromatic carbocycles. The number of nitrogens with zero attached hydrogens (tertiary/aromatic N) is 1. The zero-order valence-electron chi connectivity index (χ0n) is 10.4. The molecule has 2 amide bonds. The van der Waals surface area contributed by atoms with E-state index in [1.54, 1.807) is 6.92 Å². The summed E-state index contributed by atoms with van der Waals surface area (Å²) in [4.78, 5) is 22.8. The van der Waals surface area contributed by atoms with E-state index in [0.717, 1.165) is 11.3 Å². The summed E-state index contributed by atoms with van der Waals surface area (Å²) >= 11 is 0. The van der Waals surface area contributed by atoms with Gasteiger partial charge in [0, 0.05) is 18.7 Å². The smallest absolute Gasteiger partial charge is 0.239 e. The molecule has 1 unspecified atom stereocenters. The average molecular weight is 252 g/mol. The van der Waals surface area contributed by atoms with Crippen molar-refractivity contribution in [3.05, 3.63) is 17.0 Å². The first-order chi connectivity index (χ1) is 8.58. The summed E-state index contributed by atoms with van der Waals surface area (Å²) in [6.07, 6.45) is 0. The Balaban J connectivity index is 1.87. The van der Waals surface area contributed by atoms with Gasteiger partial charge in [-0.25, -0.2) is 0 Å². The fourth-order valence-electron chi connectivity index (χ4n) is 1.80. The Morgan fingerprint density at radius 1 is 1.56 bits per heavy atom. The van der Waals surface area contributed by atoms with Crippen LogP contribution in [0.5, 0.6) is 0 Å². The van der Waals surface area contributed by atoms with Crippen molar-refractivity contribution in [1.82, 2.24) is 21.1 Å². The lowest BCUT2D eigenvalue weighted by atomic mass is 10.2. The van der Waals surface area contributed by atoms with Crippen LogP contribution in [0.2, 0.25) is 0 Å². The lowest BCUT2D eigenvalue weighted by Crippen LogP contribution is -2.57. The first-order valence-electron chi connectivity index (χ1n) is 5.77. The molecule has 1 atom stereocenters. The van der Waals surface area contributed by atoms with Crippen molar-refractivity contribution in [3.8, 4) is 0 Å². The van der Waals surface area contributed by atoms with E-state index in [1.807, 2.05) is 6.92 Å². The highest BCUT2D eigenvalue weighted by Crippen LogP contribution is 2.11. The normalized spacial score (nSPS) is 19.4. The monoisotopic (exact) mass is 252 g/mol. The zero-order valence-corrected chi connectivity index (χ0v) is 10.4. The van der Waals surface area contributed by atoms with Gasteiger partial charge in [0.05, 0.1) is 12.2 Å². The highest BCUT2D eigenvalue weighted by atomic mass is 16.5. The van der Waals surface area contributed by atoms with E-state index in [-0.39, 0.29) is 24.4 Å². The first kappa shape index (κ1) is 12.6. The number of hydrogen-bond acceptors (Lipinski definition) is 5. The molecule has 1 saturated heterocycles. The Bertz CT molecular complexity index is 439. The fraction of sp³-hybridized carbons (Fsp3) is 0.545. The van der Waals surface area contributed by atoms with E-state index in [9.17, 15) is 9.59 Å². The second-order valence-electron chi connectivity index (χ2n) is 4.26. The van der Waals surface area contributed by atoms with E-state index in [0.29, 0.717) is 18.8 Å². The van der Waals surface area contributed by atoms with Crippen molar-refractivity contribution in [2.24, 2.45) is 0 Å². The lowest BCUT2D eigenvalue weighted by molar-refractivity contribution is -0.126. The van der Waals surface area contributed by atoms with Crippen molar-refractivity contribution in [1.29, 1.82) is 0 Å². The standard InChI is InChI=1S/C11H16N4O3/c1-6-8(7(2)18-15-6)3-14-11(17)9-4-13-10(16)5-12-9/h9,12H,3-5H2,1-2H3,(H,13,16)(H,14,17). The number of rotatable bonds is 3. The minimum absolute atomic E-state index is 0.0928. The minimum Gasteiger partial charge on any atom is -0.361 e. The van der Waals surface area contributed by atoms with Crippen molar-refractivity contribution in [2.45, 2.75) is 26.4 Å². The van der Waals surface area contributed by atoms with Crippen molar-refractivity contribution >= 4 is 11.8 Å². The molecule has 7 heteroatoms. The Morgan fingerprint density at radius 3 is 2.89 bits per heavy atom. The Labute approximate surface area is 104 Å². The molecule has 2 rings (SSSR count). The van der Waals surface area contributed by atoms with Crippen LogP contribution in [0.1, 0.15) is 17.0 Å². The highest BCUT2D eigenvalue weighted by molar-refractivity contribution is 5.86. The average Bonchev–Trinajstić information content (AvgIpc) is 2.67. The summed E-state index contributed by atoms with van der Waals surface area (Å²) in [7, 11) is 0. The van der Waals surface area contributed by atoms with Gasteiger partial charge >= 0.3 is 0 Å². The quantitative estimate of drug-likeness (QED) is 0.641. The molecule has 2 heterocycles. The van der Waals surface area contributed by atoms with Crippen LogP contribution in [0.3, 0.4) is 0 Å². The molecule has 3 N–H and O–H groups in total. The molecule has 1 aromatic rings. The van der Waals surface area contributed by atoms with Crippen LogP contribution in [0.25, 0.3) is 0 Å². The van der Waals surface area contributed by atoms with Crippen LogP contribution in [0, 0.1) is 13.8 Å². The molecule has 0 spiro atoms. The number of nitrogens with one attached hydrogen (secondary N) is 3. The molecule has 1 fully saturated rings. The number of piperazine rings is 1. The molecule has 7 nitrogen and oxygen atoms in total. The second-order valence-corrected chi connectivity index (χ2v) is 4.26. The van der Waals surface area contributed by atoms with Crippen LogP contribution in [0.15, 0.2) is 4.52 Å². The van der Waals surface area contributed by atoms with Gasteiger partial charge in [0.1, 0.15) is 11.8 Å². The molecule has 18 heavy (non-hydrogen) atoms. The molecule has 0 saturated carbocycles. The predicted octanol–water partition coefficient (Wildman–Crippen LogP) is -1.00. The van der Waals surface area contributed by atoms with Gasteiger partial charge in [-0.2, -0.15) is 0 Å². The topological polar surface area (TPSA) is 96.3 Å². The maximum absolute atomic E-state index is 11.8. The van der Waals surface area contributed by atoms with Crippen LogP contribution >= 0.6 is 0 Å². The number of amides is 2. The zero-order chi connectivity index (χ0) is 13.1.